The molecule has 0 spiro atoms. The maximum atomic E-state index is 11.9. The molecule has 2 N–H and O–H groups in total. The number of carbonyl (C=O) groups is 1. The lowest BCUT2D eigenvalue weighted by Gasteiger charge is -2.16. The van der Waals surface area contributed by atoms with Crippen LogP contribution in [0.25, 0.3) is 0 Å². The lowest BCUT2D eigenvalue weighted by Crippen LogP contribution is -2.12. The molecule has 0 saturated heterocycles. The van der Waals surface area contributed by atoms with Crippen molar-refractivity contribution < 1.29 is 9.53 Å². The van der Waals surface area contributed by atoms with Gasteiger partial charge in [0, 0.05) is 23.7 Å². The van der Waals surface area contributed by atoms with Crippen molar-refractivity contribution in [1.29, 1.82) is 0 Å². The molecule has 0 radical (unpaired) electrons. The van der Waals surface area contributed by atoms with E-state index in [-0.39, 0.29) is 11.2 Å². The van der Waals surface area contributed by atoms with Gasteiger partial charge in [-0.3, -0.25) is 9.89 Å². The first-order chi connectivity index (χ1) is 12.2. The molecular formula is C17H15N5O2S. The third-order valence-corrected chi connectivity index (χ3v) is 5.08. The number of ether oxygens (including phenoxy) is 1. The van der Waals surface area contributed by atoms with E-state index >= 15 is 0 Å². The largest absolute Gasteiger partial charge is 0.424 e. The molecule has 0 fully saturated rings. The molecule has 3 aromatic rings. The highest BCUT2D eigenvalue weighted by Crippen LogP contribution is 2.43. The van der Waals surface area contributed by atoms with Crippen LogP contribution in [-0.2, 0) is 4.79 Å². The van der Waals surface area contributed by atoms with E-state index in [1.165, 1.54) is 0 Å². The zero-order valence-electron chi connectivity index (χ0n) is 13.4. The maximum absolute atomic E-state index is 11.9. The van der Waals surface area contributed by atoms with Crippen molar-refractivity contribution in [1.82, 2.24) is 20.2 Å². The number of hydrogen-bond donors (Lipinski definition) is 2. The van der Waals surface area contributed by atoms with Crippen LogP contribution in [-0.4, -0.2) is 31.8 Å². The Hall–Kier alpha value is -2.87. The summed E-state index contributed by atoms with van der Waals surface area (Å²) in [5.74, 6) is 1.56. The number of anilines is 1. The highest BCUT2D eigenvalue weighted by Gasteiger charge is 2.28. The predicted molar refractivity (Wildman–Crippen MR) is 94.8 cm³/mol. The van der Waals surface area contributed by atoms with Crippen LogP contribution in [0.15, 0.2) is 42.7 Å². The predicted octanol–water partition coefficient (Wildman–Crippen LogP) is 3.08. The van der Waals surface area contributed by atoms with Crippen LogP contribution in [0.1, 0.15) is 22.1 Å². The minimum atomic E-state index is -0.0506. The van der Waals surface area contributed by atoms with E-state index in [2.05, 4.69) is 25.5 Å². The second-order valence-electron chi connectivity index (χ2n) is 5.56. The molecule has 1 atom stereocenters. The van der Waals surface area contributed by atoms with Crippen LogP contribution in [0.4, 0.5) is 5.82 Å². The summed E-state index contributed by atoms with van der Waals surface area (Å²) in [4.78, 5) is 20.1. The van der Waals surface area contributed by atoms with E-state index in [1.807, 2.05) is 31.2 Å². The molecular weight excluding hydrogens is 338 g/mol. The number of carbonyl (C=O) groups excluding carboxylic acids is 1. The van der Waals surface area contributed by atoms with Crippen molar-refractivity contribution in [3.05, 3.63) is 59.5 Å². The van der Waals surface area contributed by atoms with E-state index in [9.17, 15) is 4.79 Å². The summed E-state index contributed by atoms with van der Waals surface area (Å²) >= 11 is 1.56. The smallest absolute Gasteiger partial charge is 0.321 e. The Morgan fingerprint density at radius 1 is 1.24 bits per heavy atom. The first-order valence-corrected chi connectivity index (χ1v) is 8.77. The van der Waals surface area contributed by atoms with Crippen molar-refractivity contribution in [2.45, 2.75) is 12.2 Å². The van der Waals surface area contributed by atoms with Crippen LogP contribution < -0.4 is 10.1 Å². The number of hydrogen-bond acceptors (Lipinski definition) is 6. The van der Waals surface area contributed by atoms with Crippen LogP contribution in [0, 0.1) is 6.92 Å². The maximum Gasteiger partial charge on any atom is 0.321 e. The third kappa shape index (κ3) is 3.20. The second kappa shape index (κ2) is 6.56. The topological polar surface area (TPSA) is 92.8 Å². The molecule has 4 rings (SSSR count). The number of thioether (sulfide) groups is 1. The highest BCUT2D eigenvalue weighted by atomic mass is 32.2. The third-order valence-electron chi connectivity index (χ3n) is 3.81. The van der Waals surface area contributed by atoms with E-state index < -0.39 is 0 Å². The summed E-state index contributed by atoms with van der Waals surface area (Å²) in [5.41, 5.74) is 2.96. The fraction of sp³-hybridized carbons (Fsp3) is 0.176. The zero-order valence-corrected chi connectivity index (χ0v) is 14.2. The van der Waals surface area contributed by atoms with Crippen molar-refractivity contribution in [3.8, 4) is 11.8 Å². The van der Waals surface area contributed by atoms with Gasteiger partial charge >= 0.3 is 6.01 Å². The van der Waals surface area contributed by atoms with Gasteiger partial charge in [0.25, 0.3) is 0 Å². The Kier molecular flexibility index (Phi) is 4.10. The van der Waals surface area contributed by atoms with Gasteiger partial charge in [-0.1, -0.05) is 12.1 Å². The minimum absolute atomic E-state index is 0.0204. The van der Waals surface area contributed by atoms with Gasteiger partial charge in [0.15, 0.2) is 5.82 Å². The highest BCUT2D eigenvalue weighted by molar-refractivity contribution is 8.00. The number of aromatic nitrogens is 4. The Balaban J connectivity index is 1.69. The van der Waals surface area contributed by atoms with Gasteiger partial charge in [-0.05, 0) is 30.7 Å². The molecule has 8 heteroatoms. The number of H-pyrrole nitrogens is 1. The van der Waals surface area contributed by atoms with Crippen LogP contribution in [0.2, 0.25) is 0 Å². The summed E-state index contributed by atoms with van der Waals surface area (Å²) in [5, 5.41) is 9.99. The van der Waals surface area contributed by atoms with Crippen molar-refractivity contribution >= 4 is 23.5 Å². The number of nitrogens with zero attached hydrogens (tertiary/aromatic N) is 3. The molecule has 7 nitrogen and oxygen atoms in total. The van der Waals surface area contributed by atoms with E-state index in [0.717, 1.165) is 16.8 Å². The fourth-order valence-corrected chi connectivity index (χ4v) is 3.90. The van der Waals surface area contributed by atoms with Gasteiger partial charge in [-0.15, -0.1) is 11.8 Å². The number of fused-ring (bicyclic) bond motifs is 1. The molecule has 1 aromatic carbocycles. The van der Waals surface area contributed by atoms with E-state index in [1.54, 1.807) is 30.2 Å². The van der Waals surface area contributed by atoms with Gasteiger partial charge < -0.3 is 10.1 Å². The number of nitrogens with one attached hydrogen (secondary N) is 2. The van der Waals surface area contributed by atoms with E-state index in [0.29, 0.717) is 23.3 Å². The summed E-state index contributed by atoms with van der Waals surface area (Å²) in [7, 11) is 0. The molecule has 126 valence electrons. The van der Waals surface area contributed by atoms with Gasteiger partial charge in [0.2, 0.25) is 5.91 Å². The van der Waals surface area contributed by atoms with Crippen LogP contribution in [0.3, 0.4) is 0 Å². The molecule has 1 amide bonds. The number of benzene rings is 1. The molecule has 2 aromatic heterocycles. The Morgan fingerprint density at radius 2 is 2.08 bits per heavy atom. The average molecular weight is 353 g/mol. The SMILES string of the molecule is Cc1[nH]nc2c1[C@H](c1cccc(Oc3ncccn3)c1)SCC(=O)N2. The Bertz CT molecular complexity index is 912. The number of aromatic amines is 1. The second-order valence-corrected chi connectivity index (χ2v) is 6.65. The quantitative estimate of drug-likeness (QED) is 0.752. The molecule has 0 unspecified atom stereocenters. The van der Waals surface area contributed by atoms with Gasteiger partial charge in [0.05, 0.1) is 11.0 Å². The summed E-state index contributed by atoms with van der Waals surface area (Å²) < 4.78 is 5.72. The standard InChI is InChI=1S/C17H15N5O2S/c1-10-14-15(25-9-13(23)20-16(14)22-21-10)11-4-2-5-12(8-11)24-17-18-6-3-7-19-17/h2-8,15H,9H2,1H3,(H2,20,21,22,23)/t15-/m0/s1. The first-order valence-electron chi connectivity index (χ1n) is 7.72. The minimum Gasteiger partial charge on any atom is -0.424 e. The van der Waals surface area contributed by atoms with Gasteiger partial charge in [-0.2, -0.15) is 5.10 Å². The fourth-order valence-electron chi connectivity index (χ4n) is 2.71. The lowest BCUT2D eigenvalue weighted by atomic mass is 10.0. The Labute approximate surface area is 148 Å². The average Bonchev–Trinajstić information content (AvgIpc) is 2.88. The van der Waals surface area contributed by atoms with Crippen molar-refractivity contribution in [2.24, 2.45) is 0 Å². The molecule has 0 saturated carbocycles. The van der Waals surface area contributed by atoms with Crippen molar-refractivity contribution in [2.75, 3.05) is 11.1 Å². The van der Waals surface area contributed by atoms with Gasteiger partial charge in [-0.25, -0.2) is 9.97 Å². The van der Waals surface area contributed by atoms with Gasteiger partial charge in [0.1, 0.15) is 5.75 Å². The Morgan fingerprint density at radius 3 is 2.92 bits per heavy atom. The van der Waals surface area contributed by atoms with Crippen LogP contribution >= 0.6 is 11.8 Å². The molecule has 25 heavy (non-hydrogen) atoms. The molecule has 0 aliphatic carbocycles. The molecule has 0 bridgehead atoms. The summed E-state index contributed by atoms with van der Waals surface area (Å²) in [6.07, 6.45) is 3.26. The summed E-state index contributed by atoms with van der Waals surface area (Å²) in [6, 6.07) is 9.77. The van der Waals surface area contributed by atoms with E-state index in [4.69, 9.17) is 4.74 Å². The monoisotopic (exact) mass is 353 g/mol. The molecule has 1 aliphatic rings. The number of aryl methyl sites for hydroxylation is 1. The van der Waals surface area contributed by atoms with Crippen LogP contribution in [0.5, 0.6) is 11.8 Å². The first kappa shape index (κ1) is 15.6. The summed E-state index contributed by atoms with van der Waals surface area (Å²) in [6.45, 7) is 1.95. The zero-order chi connectivity index (χ0) is 17.2. The molecule has 1 aliphatic heterocycles. The normalized spacial score (nSPS) is 16.7. The molecule has 3 heterocycles. The number of rotatable bonds is 3. The van der Waals surface area contributed by atoms with Crippen molar-refractivity contribution in [3.63, 3.8) is 0 Å². The lowest BCUT2D eigenvalue weighted by molar-refractivity contribution is -0.113. The number of amides is 1.